The molecule has 2 aliphatic heterocycles. The predicted octanol–water partition coefficient (Wildman–Crippen LogP) is 3.85. The maximum Gasteiger partial charge on any atom is 0.231 e. The van der Waals surface area contributed by atoms with Gasteiger partial charge in [-0.25, -0.2) is 4.98 Å². The molecule has 0 aliphatic carbocycles. The van der Waals surface area contributed by atoms with E-state index in [0.717, 1.165) is 59.7 Å². The van der Waals surface area contributed by atoms with Gasteiger partial charge < -0.3 is 24.4 Å². The molecule has 32 heavy (non-hydrogen) atoms. The molecule has 2 aromatic carbocycles. The molecule has 1 atom stereocenters. The summed E-state index contributed by atoms with van der Waals surface area (Å²) in [7, 11) is 1.62. The SMILES string of the molecule is COc1cccc2c1OC[C@H](C(=O)Nc1ccc(-c3csc(N4CCOCC4)n3)cc1)C2. The van der Waals surface area contributed by atoms with Crippen molar-refractivity contribution in [2.75, 3.05) is 50.2 Å². The second kappa shape index (κ2) is 9.18. The molecule has 1 N–H and O–H groups in total. The molecule has 166 valence electrons. The Balaban J connectivity index is 1.22. The number of fused-ring (bicyclic) bond motifs is 1. The number of benzene rings is 2. The van der Waals surface area contributed by atoms with Crippen LogP contribution in [0.3, 0.4) is 0 Å². The maximum atomic E-state index is 12.8. The lowest BCUT2D eigenvalue weighted by molar-refractivity contribution is -0.121. The number of methoxy groups -OCH3 is 1. The molecule has 1 fully saturated rings. The van der Waals surface area contributed by atoms with E-state index >= 15 is 0 Å². The Bertz CT molecular complexity index is 1090. The third kappa shape index (κ3) is 4.28. The van der Waals surface area contributed by atoms with Gasteiger partial charge in [-0.3, -0.25) is 4.79 Å². The number of hydrogen-bond donors (Lipinski definition) is 1. The first-order valence-electron chi connectivity index (χ1n) is 10.7. The van der Waals surface area contributed by atoms with Gasteiger partial charge in [-0.15, -0.1) is 11.3 Å². The van der Waals surface area contributed by atoms with Crippen molar-refractivity contribution in [3.63, 3.8) is 0 Å². The van der Waals surface area contributed by atoms with E-state index in [9.17, 15) is 4.79 Å². The summed E-state index contributed by atoms with van der Waals surface area (Å²) in [5.41, 5.74) is 3.73. The van der Waals surface area contributed by atoms with Gasteiger partial charge in [0, 0.05) is 29.7 Å². The highest BCUT2D eigenvalue weighted by atomic mass is 32.1. The Morgan fingerprint density at radius 1 is 1.19 bits per heavy atom. The van der Waals surface area contributed by atoms with Crippen molar-refractivity contribution >= 4 is 28.1 Å². The average molecular weight is 452 g/mol. The number of rotatable bonds is 5. The minimum Gasteiger partial charge on any atom is -0.493 e. The Morgan fingerprint density at radius 2 is 2.00 bits per heavy atom. The molecule has 3 aromatic rings. The highest BCUT2D eigenvalue weighted by Gasteiger charge is 2.28. The number of aromatic nitrogens is 1. The molecule has 0 spiro atoms. The zero-order valence-electron chi connectivity index (χ0n) is 17.9. The average Bonchev–Trinajstić information content (AvgIpc) is 3.34. The summed E-state index contributed by atoms with van der Waals surface area (Å²) in [6, 6.07) is 13.6. The Labute approximate surface area is 190 Å². The fourth-order valence-corrected chi connectivity index (χ4v) is 4.88. The summed E-state index contributed by atoms with van der Waals surface area (Å²) in [5.74, 6) is 1.15. The number of amides is 1. The minimum absolute atomic E-state index is 0.0468. The fraction of sp³-hybridized carbons (Fsp3) is 0.333. The van der Waals surface area contributed by atoms with Crippen molar-refractivity contribution in [1.29, 1.82) is 0 Å². The Hall–Kier alpha value is -3.10. The molecular formula is C24H25N3O4S. The first-order valence-corrected chi connectivity index (χ1v) is 11.6. The fourth-order valence-electron chi connectivity index (χ4n) is 3.99. The second-order valence-corrected chi connectivity index (χ2v) is 8.68. The molecule has 1 saturated heterocycles. The highest BCUT2D eigenvalue weighted by molar-refractivity contribution is 7.14. The van der Waals surface area contributed by atoms with Gasteiger partial charge in [-0.05, 0) is 30.2 Å². The molecule has 0 unspecified atom stereocenters. The number of nitrogens with one attached hydrogen (secondary N) is 1. The van der Waals surface area contributed by atoms with Crippen LogP contribution in [0.25, 0.3) is 11.3 Å². The Kier molecular flexibility index (Phi) is 5.96. The summed E-state index contributed by atoms with van der Waals surface area (Å²) in [4.78, 5) is 19.9. The van der Waals surface area contributed by atoms with Crippen LogP contribution in [0.5, 0.6) is 11.5 Å². The van der Waals surface area contributed by atoms with Crippen LogP contribution in [0.15, 0.2) is 47.8 Å². The zero-order chi connectivity index (χ0) is 21.9. The first kappa shape index (κ1) is 20.8. The zero-order valence-corrected chi connectivity index (χ0v) is 18.7. The quantitative estimate of drug-likeness (QED) is 0.635. The largest absolute Gasteiger partial charge is 0.493 e. The molecule has 1 amide bonds. The molecule has 1 aromatic heterocycles. The van der Waals surface area contributed by atoms with Crippen molar-refractivity contribution < 1.29 is 19.0 Å². The summed E-state index contributed by atoms with van der Waals surface area (Å²) < 4.78 is 16.6. The highest BCUT2D eigenvalue weighted by Crippen LogP contribution is 2.36. The van der Waals surface area contributed by atoms with Crippen molar-refractivity contribution in [1.82, 2.24) is 4.98 Å². The van der Waals surface area contributed by atoms with E-state index in [1.807, 2.05) is 42.5 Å². The lowest BCUT2D eigenvalue weighted by Crippen LogP contribution is -2.36. The molecule has 7 nitrogen and oxygen atoms in total. The van der Waals surface area contributed by atoms with Crippen LogP contribution in [0.2, 0.25) is 0 Å². The summed E-state index contributed by atoms with van der Waals surface area (Å²) in [6.07, 6.45) is 0.625. The van der Waals surface area contributed by atoms with Gasteiger partial charge in [0.1, 0.15) is 6.61 Å². The number of ether oxygens (including phenoxy) is 3. The van der Waals surface area contributed by atoms with Crippen LogP contribution in [0.1, 0.15) is 5.56 Å². The van der Waals surface area contributed by atoms with E-state index in [0.29, 0.717) is 18.8 Å². The number of para-hydroxylation sites is 1. The summed E-state index contributed by atoms with van der Waals surface area (Å²) in [6.45, 7) is 3.57. The van der Waals surface area contributed by atoms with E-state index in [4.69, 9.17) is 19.2 Å². The van der Waals surface area contributed by atoms with Gasteiger partial charge in [-0.2, -0.15) is 0 Å². The van der Waals surface area contributed by atoms with Crippen LogP contribution in [-0.2, 0) is 16.0 Å². The van der Waals surface area contributed by atoms with E-state index in [1.165, 1.54) is 0 Å². The van der Waals surface area contributed by atoms with E-state index in [-0.39, 0.29) is 11.8 Å². The van der Waals surface area contributed by atoms with Gasteiger partial charge in [0.15, 0.2) is 16.6 Å². The first-order chi connectivity index (χ1) is 15.7. The number of nitrogens with zero attached hydrogens (tertiary/aromatic N) is 2. The number of carbonyl (C=O) groups is 1. The van der Waals surface area contributed by atoms with Crippen molar-refractivity contribution in [2.24, 2.45) is 5.92 Å². The second-order valence-electron chi connectivity index (χ2n) is 7.84. The molecule has 3 heterocycles. The number of hydrogen-bond acceptors (Lipinski definition) is 7. The van der Waals surface area contributed by atoms with E-state index < -0.39 is 0 Å². The van der Waals surface area contributed by atoms with Crippen LogP contribution in [-0.4, -0.2) is 50.9 Å². The predicted molar refractivity (Wildman–Crippen MR) is 125 cm³/mol. The van der Waals surface area contributed by atoms with Gasteiger partial charge >= 0.3 is 0 Å². The maximum absolute atomic E-state index is 12.8. The van der Waals surface area contributed by atoms with Crippen LogP contribution in [0, 0.1) is 5.92 Å². The molecule has 8 heteroatoms. The van der Waals surface area contributed by atoms with Crippen LogP contribution >= 0.6 is 11.3 Å². The van der Waals surface area contributed by atoms with Gasteiger partial charge in [-0.1, -0.05) is 24.3 Å². The van der Waals surface area contributed by atoms with Crippen molar-refractivity contribution in [2.45, 2.75) is 6.42 Å². The third-order valence-electron chi connectivity index (χ3n) is 5.77. The normalized spacial score (nSPS) is 17.9. The Morgan fingerprint density at radius 3 is 2.78 bits per heavy atom. The van der Waals surface area contributed by atoms with E-state index in [2.05, 4.69) is 15.6 Å². The molecule has 2 aliphatic rings. The third-order valence-corrected chi connectivity index (χ3v) is 6.67. The standard InChI is InChI=1S/C24H25N3O4S/c1-29-21-4-2-3-17-13-18(14-31-22(17)21)23(28)25-19-7-5-16(6-8-19)20-15-32-24(26-20)27-9-11-30-12-10-27/h2-8,15,18H,9-14H2,1H3,(H,25,28)/t18-/m1/s1. The van der Waals surface area contributed by atoms with Gasteiger partial charge in [0.05, 0.1) is 31.9 Å². The number of morpholine rings is 1. The lowest BCUT2D eigenvalue weighted by atomic mass is 9.95. The topological polar surface area (TPSA) is 72.9 Å². The lowest BCUT2D eigenvalue weighted by Gasteiger charge is -2.26. The van der Waals surface area contributed by atoms with Crippen molar-refractivity contribution in [3.05, 3.63) is 53.4 Å². The number of thiazole rings is 1. The summed E-state index contributed by atoms with van der Waals surface area (Å²) >= 11 is 1.65. The van der Waals surface area contributed by atoms with E-state index in [1.54, 1.807) is 18.4 Å². The number of anilines is 2. The van der Waals surface area contributed by atoms with Crippen LogP contribution < -0.4 is 19.7 Å². The van der Waals surface area contributed by atoms with Crippen LogP contribution in [0.4, 0.5) is 10.8 Å². The summed E-state index contributed by atoms with van der Waals surface area (Å²) in [5, 5.41) is 6.11. The monoisotopic (exact) mass is 451 g/mol. The molecule has 0 bridgehead atoms. The molecule has 0 radical (unpaired) electrons. The van der Waals surface area contributed by atoms with Gasteiger partial charge in [0.2, 0.25) is 5.91 Å². The smallest absolute Gasteiger partial charge is 0.231 e. The van der Waals surface area contributed by atoms with Gasteiger partial charge in [0.25, 0.3) is 0 Å². The van der Waals surface area contributed by atoms with Crippen molar-refractivity contribution in [3.8, 4) is 22.8 Å². The minimum atomic E-state index is -0.246. The molecule has 5 rings (SSSR count). The molecule has 0 saturated carbocycles. The number of carbonyl (C=O) groups excluding carboxylic acids is 1. The molecular weight excluding hydrogens is 426 g/mol.